The van der Waals surface area contributed by atoms with Crippen LogP contribution >= 0.6 is 0 Å². The molecule has 0 radical (unpaired) electrons. The van der Waals surface area contributed by atoms with Crippen molar-refractivity contribution < 1.29 is 14.0 Å². The lowest BCUT2D eigenvalue weighted by molar-refractivity contribution is -0.142. The van der Waals surface area contributed by atoms with Crippen molar-refractivity contribution in [3.8, 4) is 0 Å². The van der Waals surface area contributed by atoms with Gasteiger partial charge in [-0.3, -0.25) is 14.5 Å². The Morgan fingerprint density at radius 1 is 1.03 bits per heavy atom. The van der Waals surface area contributed by atoms with Gasteiger partial charge in [-0.25, -0.2) is 4.39 Å². The van der Waals surface area contributed by atoms with Gasteiger partial charge < -0.3 is 9.80 Å². The summed E-state index contributed by atoms with van der Waals surface area (Å²) in [5.41, 5.74) is 1.05. The van der Waals surface area contributed by atoms with Crippen molar-refractivity contribution in [1.82, 2.24) is 14.7 Å². The molecule has 2 atom stereocenters. The van der Waals surface area contributed by atoms with Crippen LogP contribution in [0.1, 0.15) is 44.6 Å². The van der Waals surface area contributed by atoms with Crippen molar-refractivity contribution in [2.75, 3.05) is 32.7 Å². The molecule has 2 heterocycles. The second-order valence-electron chi connectivity index (χ2n) is 8.92. The molecule has 1 aliphatic carbocycles. The maximum Gasteiger partial charge on any atom is 0.245 e. The van der Waals surface area contributed by atoms with Crippen LogP contribution in [0.3, 0.4) is 0 Å². The molecule has 158 valence electrons. The third-order valence-corrected chi connectivity index (χ3v) is 6.95. The van der Waals surface area contributed by atoms with Gasteiger partial charge in [-0.1, -0.05) is 18.6 Å². The molecule has 0 unspecified atom stereocenters. The lowest BCUT2D eigenvalue weighted by Crippen LogP contribution is -2.48. The highest BCUT2D eigenvalue weighted by Crippen LogP contribution is 2.29. The fraction of sp³-hybridized carbons (Fsp3) is 0.652. The number of hydrogen-bond acceptors (Lipinski definition) is 3. The zero-order chi connectivity index (χ0) is 20.4. The van der Waals surface area contributed by atoms with Gasteiger partial charge >= 0.3 is 0 Å². The monoisotopic (exact) mass is 401 g/mol. The number of nitrogens with zero attached hydrogens (tertiary/aromatic N) is 3. The van der Waals surface area contributed by atoms with Crippen molar-refractivity contribution in [2.45, 2.75) is 57.5 Å². The molecule has 5 nitrogen and oxygen atoms in total. The number of carbonyl (C=O) groups is 2. The number of likely N-dealkylation sites (tertiary alicyclic amines) is 1. The van der Waals surface area contributed by atoms with E-state index in [0.29, 0.717) is 19.0 Å². The van der Waals surface area contributed by atoms with E-state index >= 15 is 0 Å². The van der Waals surface area contributed by atoms with Gasteiger partial charge in [0.25, 0.3) is 0 Å². The second-order valence-corrected chi connectivity index (χ2v) is 8.92. The molecule has 2 aliphatic heterocycles. The van der Waals surface area contributed by atoms with Crippen LogP contribution in [0.2, 0.25) is 0 Å². The van der Waals surface area contributed by atoms with Crippen molar-refractivity contribution in [1.29, 1.82) is 0 Å². The Balaban J connectivity index is 1.39. The zero-order valence-electron chi connectivity index (χ0n) is 17.4. The molecule has 2 saturated heterocycles. The molecule has 3 aliphatic rings. The van der Waals surface area contributed by atoms with Gasteiger partial charge in [0.05, 0.1) is 0 Å². The molecule has 1 aromatic carbocycles. The van der Waals surface area contributed by atoms with Crippen LogP contribution in [0, 0.1) is 11.7 Å². The Morgan fingerprint density at radius 3 is 2.45 bits per heavy atom. The Kier molecular flexibility index (Phi) is 6.18. The predicted octanol–water partition coefficient (Wildman–Crippen LogP) is 2.69. The van der Waals surface area contributed by atoms with Gasteiger partial charge in [0.2, 0.25) is 11.8 Å². The summed E-state index contributed by atoms with van der Waals surface area (Å²) in [5, 5.41) is 0. The Bertz CT molecular complexity index is 734. The van der Waals surface area contributed by atoms with Crippen LogP contribution in [-0.4, -0.2) is 71.3 Å². The molecule has 0 N–H and O–H groups in total. The Morgan fingerprint density at radius 2 is 1.79 bits per heavy atom. The summed E-state index contributed by atoms with van der Waals surface area (Å²) in [4.78, 5) is 31.9. The third-order valence-electron chi connectivity index (χ3n) is 6.95. The van der Waals surface area contributed by atoms with Gasteiger partial charge in [-0.05, 0) is 55.7 Å². The highest BCUT2D eigenvalue weighted by atomic mass is 19.1. The number of halogens is 1. The summed E-state index contributed by atoms with van der Waals surface area (Å²) in [6.45, 7) is 5.73. The van der Waals surface area contributed by atoms with Crippen LogP contribution in [0.4, 0.5) is 4.39 Å². The van der Waals surface area contributed by atoms with Crippen molar-refractivity contribution in [2.24, 2.45) is 5.92 Å². The first kappa shape index (κ1) is 20.3. The maximum absolute atomic E-state index is 13.3. The van der Waals surface area contributed by atoms with Crippen LogP contribution in [-0.2, 0) is 16.0 Å². The van der Waals surface area contributed by atoms with Crippen LogP contribution in [0.25, 0.3) is 0 Å². The molecule has 3 fully saturated rings. The summed E-state index contributed by atoms with van der Waals surface area (Å²) < 4.78 is 13.2. The summed E-state index contributed by atoms with van der Waals surface area (Å²) in [7, 11) is 0. The molecule has 0 aromatic heterocycles. The number of amides is 2. The van der Waals surface area contributed by atoms with Crippen LogP contribution in [0.5, 0.6) is 0 Å². The molecule has 29 heavy (non-hydrogen) atoms. The van der Waals surface area contributed by atoms with E-state index < -0.39 is 0 Å². The van der Waals surface area contributed by atoms with E-state index in [1.807, 2.05) is 4.90 Å². The minimum atomic E-state index is -0.354. The maximum atomic E-state index is 13.3. The van der Waals surface area contributed by atoms with Gasteiger partial charge in [-0.2, -0.15) is 0 Å². The van der Waals surface area contributed by atoms with Crippen LogP contribution < -0.4 is 0 Å². The number of benzene rings is 1. The van der Waals surface area contributed by atoms with Gasteiger partial charge in [-0.15, -0.1) is 0 Å². The van der Waals surface area contributed by atoms with E-state index in [-0.39, 0.29) is 29.6 Å². The first-order valence-corrected chi connectivity index (χ1v) is 11.1. The van der Waals surface area contributed by atoms with Gasteiger partial charge in [0.1, 0.15) is 11.9 Å². The molecule has 6 heteroatoms. The summed E-state index contributed by atoms with van der Waals surface area (Å²) in [6.07, 6.45) is 6.38. The second kappa shape index (κ2) is 8.82. The summed E-state index contributed by atoms with van der Waals surface area (Å²) in [6, 6.07) is 6.90. The van der Waals surface area contributed by atoms with Gasteiger partial charge in [0, 0.05) is 45.7 Å². The minimum absolute atomic E-state index is 0.0316. The largest absolute Gasteiger partial charge is 0.340 e. The molecule has 2 amide bonds. The molecule has 0 spiro atoms. The molecule has 1 aromatic rings. The third kappa shape index (κ3) is 4.63. The van der Waals surface area contributed by atoms with Crippen molar-refractivity contribution in [3.63, 3.8) is 0 Å². The van der Waals surface area contributed by atoms with Crippen LogP contribution in [0.15, 0.2) is 24.3 Å². The lowest BCUT2D eigenvalue weighted by atomic mass is 9.91. The normalized spacial score (nSPS) is 26.3. The minimum Gasteiger partial charge on any atom is -0.340 e. The molecule has 1 saturated carbocycles. The Labute approximate surface area is 172 Å². The molecule has 0 bridgehead atoms. The molecule has 4 rings (SSSR count). The van der Waals surface area contributed by atoms with Crippen molar-refractivity contribution in [3.05, 3.63) is 35.6 Å². The fourth-order valence-electron chi connectivity index (χ4n) is 5.09. The topological polar surface area (TPSA) is 43.9 Å². The Hall–Kier alpha value is -1.95. The smallest absolute Gasteiger partial charge is 0.245 e. The van der Waals surface area contributed by atoms with Gasteiger partial charge in [0.15, 0.2) is 0 Å². The zero-order valence-corrected chi connectivity index (χ0v) is 17.4. The standard InChI is InChI=1S/C23H32FN3O2/c1-17(28)27-16-19(14-18-6-8-20(24)9-7-18)15-22(27)23(29)26-11-3-10-25(12-13-26)21-4-2-5-21/h6-9,19,21-22H,2-5,10-16H2,1H3/t19-,22+/m1/s1. The van der Waals surface area contributed by atoms with E-state index in [1.54, 1.807) is 24.0 Å². The molecular weight excluding hydrogens is 369 g/mol. The summed E-state index contributed by atoms with van der Waals surface area (Å²) >= 11 is 0. The predicted molar refractivity (Wildman–Crippen MR) is 110 cm³/mol. The summed E-state index contributed by atoms with van der Waals surface area (Å²) in [5.74, 6) is 0.0700. The SMILES string of the molecule is CC(=O)N1C[C@H](Cc2ccc(F)cc2)C[C@H]1C(=O)N1CCCN(C2CCC2)CC1. The van der Waals surface area contributed by atoms with E-state index in [4.69, 9.17) is 0 Å². The first-order valence-electron chi connectivity index (χ1n) is 11.1. The van der Waals surface area contributed by atoms with E-state index in [9.17, 15) is 14.0 Å². The quantitative estimate of drug-likeness (QED) is 0.779. The highest BCUT2D eigenvalue weighted by Gasteiger charge is 2.40. The average molecular weight is 402 g/mol. The van der Waals surface area contributed by atoms with E-state index in [0.717, 1.165) is 44.6 Å². The van der Waals surface area contributed by atoms with E-state index in [2.05, 4.69) is 4.90 Å². The lowest BCUT2D eigenvalue weighted by Gasteiger charge is -2.36. The first-order chi connectivity index (χ1) is 14.0. The number of rotatable bonds is 4. The number of carbonyl (C=O) groups excluding carboxylic acids is 2. The molecular formula is C23H32FN3O2. The fourth-order valence-corrected chi connectivity index (χ4v) is 5.09. The number of hydrogen-bond donors (Lipinski definition) is 0. The highest BCUT2D eigenvalue weighted by molar-refractivity contribution is 5.87. The van der Waals surface area contributed by atoms with Crippen molar-refractivity contribution >= 4 is 11.8 Å². The average Bonchev–Trinajstić information content (AvgIpc) is 2.93. The van der Waals surface area contributed by atoms with E-state index in [1.165, 1.54) is 31.4 Å².